The van der Waals surface area contributed by atoms with Gasteiger partial charge >= 0.3 is 0 Å². The maximum absolute atomic E-state index is 6.10. The monoisotopic (exact) mass is 390 g/mol. The molecule has 1 fully saturated rings. The Bertz CT molecular complexity index is 439. The molecule has 3 heteroatoms. The van der Waals surface area contributed by atoms with Crippen molar-refractivity contribution in [1.29, 1.82) is 0 Å². The van der Waals surface area contributed by atoms with Crippen LogP contribution in [0.25, 0.3) is 0 Å². The lowest BCUT2D eigenvalue weighted by Gasteiger charge is -2.31. The van der Waals surface area contributed by atoms with Gasteiger partial charge in [0, 0.05) is 4.83 Å². The lowest BCUT2D eigenvalue weighted by atomic mass is 9.78. The van der Waals surface area contributed by atoms with Crippen molar-refractivity contribution < 1.29 is 0 Å². The summed E-state index contributed by atoms with van der Waals surface area (Å²) in [5, 5.41) is 1.31. The molecule has 118 valence electrons. The van der Waals surface area contributed by atoms with Crippen LogP contribution < -0.4 is 0 Å². The lowest BCUT2D eigenvalue weighted by molar-refractivity contribution is 0.256. The molecule has 0 aliphatic heterocycles. The van der Waals surface area contributed by atoms with E-state index in [9.17, 15) is 0 Å². The summed E-state index contributed by atoms with van der Waals surface area (Å²) in [6.45, 7) is 2.29. The van der Waals surface area contributed by atoms with E-state index in [4.69, 9.17) is 23.2 Å². The van der Waals surface area contributed by atoms with Gasteiger partial charge in [-0.1, -0.05) is 84.2 Å². The van der Waals surface area contributed by atoms with Gasteiger partial charge in [-0.2, -0.15) is 0 Å². The van der Waals surface area contributed by atoms with Crippen LogP contribution in [-0.4, -0.2) is 4.83 Å². The number of halogens is 3. The average Bonchev–Trinajstić information content (AvgIpc) is 2.49. The smallest absolute Gasteiger partial charge is 0.0595 e. The van der Waals surface area contributed by atoms with Crippen molar-refractivity contribution in [3.63, 3.8) is 0 Å². The van der Waals surface area contributed by atoms with Crippen LogP contribution in [0.3, 0.4) is 0 Å². The predicted octanol–water partition coefficient (Wildman–Crippen LogP) is 7.30. The minimum atomic E-state index is 0.557. The van der Waals surface area contributed by atoms with Crippen LogP contribution in [0.15, 0.2) is 18.2 Å². The summed E-state index contributed by atoms with van der Waals surface area (Å²) in [7, 11) is 0. The zero-order valence-electron chi connectivity index (χ0n) is 12.8. The number of alkyl halides is 1. The van der Waals surface area contributed by atoms with Gasteiger partial charge < -0.3 is 0 Å². The Kier molecular flexibility index (Phi) is 7.38. The van der Waals surface area contributed by atoms with E-state index >= 15 is 0 Å². The molecule has 0 nitrogen and oxygen atoms in total. The first kappa shape index (κ1) is 17.6. The molecule has 1 saturated carbocycles. The Morgan fingerprint density at radius 2 is 1.86 bits per heavy atom. The van der Waals surface area contributed by atoms with Crippen molar-refractivity contribution >= 4 is 39.1 Å². The second kappa shape index (κ2) is 8.79. The topological polar surface area (TPSA) is 0 Å². The van der Waals surface area contributed by atoms with Crippen molar-refractivity contribution in [2.45, 2.75) is 63.1 Å². The fourth-order valence-electron chi connectivity index (χ4n) is 3.39. The molecule has 0 saturated heterocycles. The number of hydrogen-bond acceptors (Lipinski definition) is 0. The van der Waals surface area contributed by atoms with E-state index in [1.54, 1.807) is 0 Å². The standard InChI is InChI=1S/C18H25BrCl2/c1-2-3-4-13-5-8-15(9-6-13)16(19)11-14-7-10-17(20)18(21)12-14/h7,10,12-13,15-16H,2-6,8-9,11H2,1H3. The number of rotatable bonds is 6. The van der Waals surface area contributed by atoms with Crippen molar-refractivity contribution in [1.82, 2.24) is 0 Å². The van der Waals surface area contributed by atoms with Crippen LogP contribution >= 0.6 is 39.1 Å². The lowest BCUT2D eigenvalue weighted by Crippen LogP contribution is -2.23. The highest BCUT2D eigenvalue weighted by molar-refractivity contribution is 9.09. The molecular formula is C18H25BrCl2. The van der Waals surface area contributed by atoms with Gasteiger partial charge in [0.15, 0.2) is 0 Å². The van der Waals surface area contributed by atoms with Crippen LogP contribution in [-0.2, 0) is 6.42 Å². The maximum atomic E-state index is 6.10. The Balaban J connectivity index is 1.81. The highest BCUT2D eigenvalue weighted by Crippen LogP contribution is 2.37. The average molecular weight is 392 g/mol. The number of benzene rings is 1. The molecule has 1 aromatic carbocycles. The zero-order chi connectivity index (χ0) is 15.2. The molecular weight excluding hydrogens is 367 g/mol. The zero-order valence-corrected chi connectivity index (χ0v) is 15.9. The van der Waals surface area contributed by atoms with Crippen molar-refractivity contribution in [2.24, 2.45) is 11.8 Å². The highest BCUT2D eigenvalue weighted by Gasteiger charge is 2.26. The van der Waals surface area contributed by atoms with Crippen LogP contribution in [0.5, 0.6) is 0 Å². The summed E-state index contributed by atoms with van der Waals surface area (Å²) in [6.07, 6.45) is 10.8. The fourth-order valence-corrected chi connectivity index (χ4v) is 4.61. The first-order chi connectivity index (χ1) is 10.1. The van der Waals surface area contributed by atoms with Gasteiger partial charge in [0.2, 0.25) is 0 Å². The van der Waals surface area contributed by atoms with Gasteiger partial charge in [-0.15, -0.1) is 0 Å². The molecule has 1 aliphatic rings. The number of hydrogen-bond donors (Lipinski definition) is 0. The van der Waals surface area contributed by atoms with Crippen molar-refractivity contribution in [2.75, 3.05) is 0 Å². The van der Waals surface area contributed by atoms with Gasteiger partial charge in [0.1, 0.15) is 0 Å². The molecule has 1 atom stereocenters. The van der Waals surface area contributed by atoms with E-state index < -0.39 is 0 Å². The molecule has 0 spiro atoms. The van der Waals surface area contributed by atoms with Crippen molar-refractivity contribution in [3.8, 4) is 0 Å². The molecule has 0 aromatic heterocycles. The minimum Gasteiger partial charge on any atom is -0.0884 e. The van der Waals surface area contributed by atoms with E-state index in [0.29, 0.717) is 14.9 Å². The first-order valence-corrected chi connectivity index (χ1v) is 9.85. The summed E-state index contributed by atoms with van der Waals surface area (Å²) in [6, 6.07) is 6.00. The molecule has 0 radical (unpaired) electrons. The second-order valence-electron chi connectivity index (χ2n) is 6.39. The van der Waals surface area contributed by atoms with Gasteiger partial charge in [-0.3, -0.25) is 0 Å². The Morgan fingerprint density at radius 1 is 1.14 bits per heavy atom. The molecule has 0 N–H and O–H groups in total. The first-order valence-electron chi connectivity index (χ1n) is 8.18. The molecule has 0 bridgehead atoms. The van der Waals surface area contributed by atoms with Gasteiger partial charge in [0.05, 0.1) is 10.0 Å². The van der Waals surface area contributed by atoms with Crippen molar-refractivity contribution in [3.05, 3.63) is 33.8 Å². The van der Waals surface area contributed by atoms with Crippen LogP contribution in [0.1, 0.15) is 57.4 Å². The maximum Gasteiger partial charge on any atom is 0.0595 e. The Hall–Kier alpha value is 0.280. The molecule has 1 unspecified atom stereocenters. The quantitative estimate of drug-likeness (QED) is 0.446. The largest absolute Gasteiger partial charge is 0.0884 e. The van der Waals surface area contributed by atoms with Crippen LogP contribution in [0.4, 0.5) is 0 Å². The van der Waals surface area contributed by atoms with E-state index in [0.717, 1.165) is 18.3 Å². The van der Waals surface area contributed by atoms with Gasteiger partial charge in [0.25, 0.3) is 0 Å². The third-order valence-corrected chi connectivity index (χ3v) is 6.59. The molecule has 2 rings (SSSR count). The van der Waals surface area contributed by atoms with E-state index in [-0.39, 0.29) is 0 Å². The highest BCUT2D eigenvalue weighted by atomic mass is 79.9. The Morgan fingerprint density at radius 3 is 2.48 bits per heavy atom. The molecule has 1 aromatic rings. The Labute approximate surface area is 147 Å². The number of unbranched alkanes of at least 4 members (excludes halogenated alkanes) is 1. The van der Waals surface area contributed by atoms with E-state index in [2.05, 4.69) is 28.9 Å². The minimum absolute atomic E-state index is 0.557. The third-order valence-electron chi connectivity index (χ3n) is 4.78. The normalized spacial score (nSPS) is 24.0. The van der Waals surface area contributed by atoms with Crippen LogP contribution in [0.2, 0.25) is 10.0 Å². The SMILES string of the molecule is CCCCC1CCC(C(Br)Cc2ccc(Cl)c(Cl)c2)CC1. The summed E-state index contributed by atoms with van der Waals surface area (Å²) in [4.78, 5) is 0.557. The summed E-state index contributed by atoms with van der Waals surface area (Å²) < 4.78 is 0. The summed E-state index contributed by atoms with van der Waals surface area (Å²) in [5.41, 5.74) is 1.28. The van der Waals surface area contributed by atoms with Gasteiger partial charge in [-0.25, -0.2) is 0 Å². The fraction of sp³-hybridized carbons (Fsp3) is 0.667. The third kappa shape index (κ3) is 5.44. The molecule has 0 heterocycles. The molecule has 0 amide bonds. The van der Waals surface area contributed by atoms with Gasteiger partial charge in [-0.05, 0) is 48.8 Å². The summed E-state index contributed by atoms with van der Waals surface area (Å²) >= 11 is 16.0. The predicted molar refractivity (Wildman–Crippen MR) is 97.9 cm³/mol. The van der Waals surface area contributed by atoms with E-state index in [1.165, 1.54) is 50.5 Å². The van der Waals surface area contributed by atoms with E-state index in [1.807, 2.05) is 12.1 Å². The molecule has 1 aliphatic carbocycles. The van der Waals surface area contributed by atoms with Crippen LogP contribution in [0, 0.1) is 11.8 Å². The second-order valence-corrected chi connectivity index (χ2v) is 8.38. The molecule has 21 heavy (non-hydrogen) atoms. The summed E-state index contributed by atoms with van der Waals surface area (Å²) in [5.74, 6) is 1.78.